The molecule has 1 aliphatic rings. The van der Waals surface area contributed by atoms with Gasteiger partial charge in [0.2, 0.25) is 0 Å². The minimum absolute atomic E-state index is 0.205. The number of halogens is 2. The average molecular weight is 498 g/mol. The van der Waals surface area contributed by atoms with Crippen LogP contribution in [0.3, 0.4) is 0 Å². The summed E-state index contributed by atoms with van der Waals surface area (Å²) in [5.41, 5.74) is 2.00. The lowest BCUT2D eigenvalue weighted by molar-refractivity contribution is -0.131. The van der Waals surface area contributed by atoms with Gasteiger partial charge in [0.15, 0.2) is 0 Å². The lowest BCUT2D eigenvalue weighted by Crippen LogP contribution is -2.12. The van der Waals surface area contributed by atoms with Gasteiger partial charge in [0.25, 0.3) is 0 Å². The van der Waals surface area contributed by atoms with E-state index >= 15 is 0 Å². The summed E-state index contributed by atoms with van der Waals surface area (Å²) in [5.74, 6) is 0.960. The molecule has 33 heavy (non-hydrogen) atoms. The number of nitrogens with zero attached hydrogens (tertiary/aromatic N) is 2. The third kappa shape index (κ3) is 4.69. The molecule has 0 bridgehead atoms. The number of benzene rings is 2. The van der Waals surface area contributed by atoms with Gasteiger partial charge in [0, 0.05) is 28.6 Å². The number of carboxylic acids is 1. The Morgan fingerprint density at radius 1 is 1.12 bits per heavy atom. The van der Waals surface area contributed by atoms with Crippen LogP contribution in [0.2, 0.25) is 10.0 Å². The highest BCUT2D eigenvalue weighted by atomic mass is 35.5. The van der Waals surface area contributed by atoms with Crippen LogP contribution in [0.5, 0.6) is 0 Å². The van der Waals surface area contributed by atoms with Gasteiger partial charge in [-0.1, -0.05) is 53.0 Å². The molecule has 2 heterocycles. The van der Waals surface area contributed by atoms with Crippen LogP contribution >= 0.6 is 34.5 Å². The van der Waals surface area contributed by atoms with E-state index < -0.39 is 5.97 Å². The summed E-state index contributed by atoms with van der Waals surface area (Å²) >= 11 is 13.9. The molecular weight excluding hydrogens is 477 g/mol. The Bertz CT molecular complexity index is 1390. The van der Waals surface area contributed by atoms with Crippen molar-refractivity contribution in [2.75, 3.05) is 5.32 Å². The Balaban J connectivity index is 1.50. The van der Waals surface area contributed by atoms with Gasteiger partial charge in [0.1, 0.15) is 16.5 Å². The van der Waals surface area contributed by atoms with Crippen LogP contribution in [-0.2, 0) is 11.3 Å². The predicted octanol–water partition coefficient (Wildman–Crippen LogP) is 7.43. The van der Waals surface area contributed by atoms with Crippen molar-refractivity contribution in [1.82, 2.24) is 9.97 Å². The van der Waals surface area contributed by atoms with E-state index in [1.54, 1.807) is 17.4 Å². The van der Waals surface area contributed by atoms with Crippen molar-refractivity contribution in [3.63, 3.8) is 0 Å². The van der Waals surface area contributed by atoms with Crippen molar-refractivity contribution in [3.8, 4) is 0 Å². The van der Waals surface area contributed by atoms with Gasteiger partial charge in [-0.2, -0.15) is 0 Å². The summed E-state index contributed by atoms with van der Waals surface area (Å²) < 4.78 is 1.17. The highest BCUT2D eigenvalue weighted by Crippen LogP contribution is 2.40. The van der Waals surface area contributed by atoms with Crippen LogP contribution in [0.1, 0.15) is 43.0 Å². The summed E-state index contributed by atoms with van der Waals surface area (Å²) in [7, 11) is 0. The van der Waals surface area contributed by atoms with Crippen molar-refractivity contribution >= 4 is 66.6 Å². The SMILES string of the molecule is O=C(O)C=C1CCC(c2nc(NCc3ccc(Cl)c(Cl)c3)c3c(n2)sc2ccccc23)CC1. The van der Waals surface area contributed by atoms with E-state index in [4.69, 9.17) is 38.3 Å². The number of hydrogen-bond acceptors (Lipinski definition) is 5. The van der Waals surface area contributed by atoms with E-state index in [9.17, 15) is 4.79 Å². The summed E-state index contributed by atoms with van der Waals surface area (Å²) in [6.07, 6.45) is 4.56. The number of fused-ring (bicyclic) bond motifs is 3. The molecule has 1 aliphatic carbocycles. The molecule has 2 aromatic heterocycles. The molecule has 5 rings (SSSR count). The lowest BCUT2D eigenvalue weighted by Gasteiger charge is -2.23. The van der Waals surface area contributed by atoms with E-state index in [-0.39, 0.29) is 5.92 Å². The molecule has 1 fully saturated rings. The number of allylic oxidation sites excluding steroid dienone is 1. The molecule has 0 aliphatic heterocycles. The second-order valence-electron chi connectivity index (χ2n) is 8.23. The van der Waals surface area contributed by atoms with Gasteiger partial charge < -0.3 is 10.4 Å². The third-order valence-electron chi connectivity index (χ3n) is 6.02. The van der Waals surface area contributed by atoms with Crippen molar-refractivity contribution in [2.24, 2.45) is 0 Å². The zero-order valence-electron chi connectivity index (χ0n) is 17.6. The highest BCUT2D eigenvalue weighted by molar-refractivity contribution is 7.25. The maximum absolute atomic E-state index is 11.0. The topological polar surface area (TPSA) is 75.1 Å². The number of aromatic nitrogens is 2. The molecule has 168 valence electrons. The zero-order chi connectivity index (χ0) is 22.9. The predicted molar refractivity (Wildman–Crippen MR) is 136 cm³/mol. The molecule has 0 saturated heterocycles. The fourth-order valence-electron chi connectivity index (χ4n) is 4.35. The van der Waals surface area contributed by atoms with E-state index in [0.29, 0.717) is 16.6 Å². The molecule has 0 amide bonds. The number of anilines is 1. The lowest BCUT2D eigenvalue weighted by atomic mass is 9.85. The Kier molecular flexibility index (Phi) is 6.23. The second-order valence-corrected chi connectivity index (χ2v) is 10.1. The smallest absolute Gasteiger partial charge is 0.328 e. The molecule has 2 N–H and O–H groups in total. The van der Waals surface area contributed by atoms with Crippen LogP contribution in [-0.4, -0.2) is 21.0 Å². The first-order valence-electron chi connectivity index (χ1n) is 10.8. The minimum atomic E-state index is -0.875. The van der Waals surface area contributed by atoms with Gasteiger partial charge in [-0.3, -0.25) is 0 Å². The van der Waals surface area contributed by atoms with Crippen LogP contribution in [0.15, 0.2) is 54.1 Å². The molecule has 2 aromatic carbocycles. The van der Waals surface area contributed by atoms with E-state index in [2.05, 4.69) is 17.4 Å². The molecule has 0 spiro atoms. The first-order valence-corrected chi connectivity index (χ1v) is 12.3. The number of hydrogen-bond donors (Lipinski definition) is 2. The monoisotopic (exact) mass is 497 g/mol. The Morgan fingerprint density at radius 3 is 2.67 bits per heavy atom. The van der Waals surface area contributed by atoms with Crippen molar-refractivity contribution in [2.45, 2.75) is 38.1 Å². The summed E-state index contributed by atoms with van der Waals surface area (Å²) in [4.78, 5) is 21.9. The minimum Gasteiger partial charge on any atom is -0.478 e. The number of carboxylic acid groups (broad SMARTS) is 1. The number of thiophene rings is 1. The van der Waals surface area contributed by atoms with Gasteiger partial charge in [0.05, 0.1) is 15.4 Å². The van der Waals surface area contributed by atoms with Crippen LogP contribution in [0.4, 0.5) is 5.82 Å². The maximum atomic E-state index is 11.0. The fourth-order valence-corrected chi connectivity index (χ4v) is 5.75. The Labute approximate surface area is 205 Å². The van der Waals surface area contributed by atoms with E-state index in [0.717, 1.165) is 64.1 Å². The van der Waals surface area contributed by atoms with Gasteiger partial charge in [-0.15, -0.1) is 11.3 Å². The van der Waals surface area contributed by atoms with Crippen LogP contribution in [0, 0.1) is 0 Å². The van der Waals surface area contributed by atoms with Crippen LogP contribution in [0.25, 0.3) is 20.3 Å². The van der Waals surface area contributed by atoms with E-state index in [1.165, 1.54) is 10.8 Å². The standard InChI is InChI=1S/C25H21Cl2N3O2S/c26-18-10-7-15(11-19(18)27)13-28-24-22-17-3-1-2-4-20(17)33-25(22)30-23(29-24)16-8-5-14(6-9-16)12-21(31)32/h1-4,7,10-12,16H,5-6,8-9,13H2,(H,31,32)(H,28,29,30). The summed E-state index contributed by atoms with van der Waals surface area (Å²) in [6.45, 7) is 0.558. The molecule has 4 aromatic rings. The molecule has 5 nitrogen and oxygen atoms in total. The normalized spacial score (nSPS) is 16.3. The van der Waals surface area contributed by atoms with E-state index in [1.807, 2.05) is 24.3 Å². The molecule has 0 radical (unpaired) electrons. The van der Waals surface area contributed by atoms with Crippen LogP contribution < -0.4 is 5.32 Å². The Morgan fingerprint density at radius 2 is 1.91 bits per heavy atom. The molecule has 1 saturated carbocycles. The molecule has 0 atom stereocenters. The first kappa shape index (κ1) is 22.1. The fraction of sp³-hybridized carbons (Fsp3) is 0.240. The zero-order valence-corrected chi connectivity index (χ0v) is 20.0. The average Bonchev–Trinajstić information content (AvgIpc) is 3.18. The first-order chi connectivity index (χ1) is 16.0. The summed E-state index contributed by atoms with van der Waals surface area (Å²) in [6, 6.07) is 13.9. The number of aliphatic carboxylic acids is 1. The van der Waals surface area contributed by atoms with Gasteiger partial charge in [-0.25, -0.2) is 14.8 Å². The Hall–Kier alpha value is -2.67. The molecular formula is C25H21Cl2N3O2S. The van der Waals surface area contributed by atoms with Crippen molar-refractivity contribution in [3.05, 3.63) is 75.5 Å². The molecule has 8 heteroatoms. The third-order valence-corrected chi connectivity index (χ3v) is 7.82. The van der Waals surface area contributed by atoms with Crippen molar-refractivity contribution < 1.29 is 9.90 Å². The van der Waals surface area contributed by atoms with Gasteiger partial charge in [-0.05, 0) is 49.4 Å². The maximum Gasteiger partial charge on any atom is 0.328 e. The largest absolute Gasteiger partial charge is 0.478 e. The summed E-state index contributed by atoms with van der Waals surface area (Å²) in [5, 5.41) is 15.8. The highest BCUT2D eigenvalue weighted by Gasteiger charge is 2.24. The quantitative estimate of drug-likeness (QED) is 0.280. The van der Waals surface area contributed by atoms with Crippen molar-refractivity contribution in [1.29, 1.82) is 0 Å². The number of rotatable bonds is 5. The second kappa shape index (κ2) is 9.29. The number of nitrogens with one attached hydrogen (secondary N) is 1. The molecule has 0 unspecified atom stereocenters. The van der Waals surface area contributed by atoms with Gasteiger partial charge >= 0.3 is 5.97 Å². The number of carbonyl (C=O) groups is 1.